The van der Waals surface area contributed by atoms with Gasteiger partial charge in [0.2, 0.25) is 0 Å². The summed E-state index contributed by atoms with van der Waals surface area (Å²) in [6.07, 6.45) is 3.15. The van der Waals surface area contributed by atoms with Crippen LogP contribution in [-0.4, -0.2) is 9.97 Å². The van der Waals surface area contributed by atoms with Crippen molar-refractivity contribution >= 4 is 33.3 Å². The van der Waals surface area contributed by atoms with E-state index in [0.717, 1.165) is 29.7 Å². The van der Waals surface area contributed by atoms with Gasteiger partial charge in [-0.1, -0.05) is 13.3 Å². The quantitative estimate of drug-likeness (QED) is 0.885. The van der Waals surface area contributed by atoms with Crippen LogP contribution in [0.2, 0.25) is 0 Å². The zero-order valence-corrected chi connectivity index (χ0v) is 13.0. The van der Waals surface area contributed by atoms with Crippen LogP contribution < -0.4 is 11.1 Å². The minimum Gasteiger partial charge on any atom is -0.383 e. The highest BCUT2D eigenvalue weighted by molar-refractivity contribution is 9.10. The lowest BCUT2D eigenvalue weighted by Gasteiger charge is -2.14. The summed E-state index contributed by atoms with van der Waals surface area (Å²) >= 11 is 3.18. The Morgan fingerprint density at radius 3 is 2.80 bits per heavy atom. The number of nitrogen functional groups attached to an aromatic ring is 1. The lowest BCUT2D eigenvalue weighted by atomic mass is 10.1. The third kappa shape index (κ3) is 3.07. The topological polar surface area (TPSA) is 63.8 Å². The number of nitrogens with one attached hydrogen (secondary N) is 1. The fourth-order valence-electron chi connectivity index (χ4n) is 1.94. The number of halogens is 2. The van der Waals surface area contributed by atoms with E-state index in [9.17, 15) is 4.39 Å². The Kier molecular flexibility index (Phi) is 4.54. The molecule has 0 fully saturated rings. The highest BCUT2D eigenvalue weighted by atomic mass is 79.9. The van der Waals surface area contributed by atoms with Gasteiger partial charge in [-0.2, -0.15) is 0 Å². The zero-order valence-electron chi connectivity index (χ0n) is 11.4. The molecule has 0 aliphatic heterocycles. The maximum atomic E-state index is 13.4. The molecule has 0 aliphatic carbocycles. The molecule has 2 aromatic rings. The normalized spacial score (nSPS) is 10.6. The molecular weight excluding hydrogens is 323 g/mol. The first-order valence-corrected chi connectivity index (χ1v) is 7.14. The number of nitrogens with zero attached hydrogens (tertiary/aromatic N) is 2. The van der Waals surface area contributed by atoms with Crippen molar-refractivity contribution in [2.24, 2.45) is 0 Å². The number of aromatic nitrogens is 2. The van der Waals surface area contributed by atoms with Gasteiger partial charge in [-0.05, 0) is 47.0 Å². The Morgan fingerprint density at radius 1 is 1.35 bits per heavy atom. The van der Waals surface area contributed by atoms with Gasteiger partial charge < -0.3 is 11.1 Å². The SMILES string of the molecule is CCCc1c(N)ncnc1Nc1cc(Br)c(F)cc1C. The van der Waals surface area contributed by atoms with Crippen LogP contribution in [0.4, 0.5) is 21.7 Å². The van der Waals surface area contributed by atoms with Gasteiger partial charge in [0.1, 0.15) is 23.8 Å². The number of anilines is 3. The lowest BCUT2D eigenvalue weighted by Crippen LogP contribution is -2.06. The van der Waals surface area contributed by atoms with Crippen molar-refractivity contribution in [2.45, 2.75) is 26.7 Å². The third-order valence-electron chi connectivity index (χ3n) is 3.00. The Balaban J connectivity index is 2.40. The Bertz CT molecular complexity index is 631. The average molecular weight is 339 g/mol. The van der Waals surface area contributed by atoms with E-state index in [-0.39, 0.29) is 5.82 Å². The van der Waals surface area contributed by atoms with Crippen LogP contribution in [-0.2, 0) is 6.42 Å². The van der Waals surface area contributed by atoms with E-state index >= 15 is 0 Å². The van der Waals surface area contributed by atoms with Crippen molar-refractivity contribution in [1.82, 2.24) is 9.97 Å². The first-order valence-electron chi connectivity index (χ1n) is 6.35. The van der Waals surface area contributed by atoms with E-state index in [1.807, 2.05) is 6.92 Å². The number of aryl methyl sites for hydroxylation is 1. The molecule has 0 saturated heterocycles. The Labute approximate surface area is 125 Å². The second kappa shape index (κ2) is 6.17. The summed E-state index contributed by atoms with van der Waals surface area (Å²) in [6.45, 7) is 3.90. The molecule has 2 rings (SSSR count). The van der Waals surface area contributed by atoms with Gasteiger partial charge in [-0.25, -0.2) is 14.4 Å². The lowest BCUT2D eigenvalue weighted by molar-refractivity contribution is 0.620. The van der Waals surface area contributed by atoms with E-state index in [0.29, 0.717) is 16.1 Å². The minimum absolute atomic E-state index is 0.288. The van der Waals surface area contributed by atoms with Crippen molar-refractivity contribution < 1.29 is 4.39 Å². The van der Waals surface area contributed by atoms with Crippen molar-refractivity contribution in [2.75, 3.05) is 11.1 Å². The van der Waals surface area contributed by atoms with Crippen LogP contribution in [0.1, 0.15) is 24.5 Å². The van der Waals surface area contributed by atoms with Crippen LogP contribution in [0.5, 0.6) is 0 Å². The van der Waals surface area contributed by atoms with E-state index in [2.05, 4.69) is 38.1 Å². The van der Waals surface area contributed by atoms with Crippen molar-refractivity contribution in [3.63, 3.8) is 0 Å². The maximum absolute atomic E-state index is 13.4. The first-order chi connectivity index (χ1) is 9.52. The van der Waals surface area contributed by atoms with Gasteiger partial charge in [0.05, 0.1) is 4.47 Å². The van der Waals surface area contributed by atoms with Crippen LogP contribution in [0.15, 0.2) is 22.9 Å². The predicted octanol–water partition coefficient (Wildman–Crippen LogP) is 3.96. The summed E-state index contributed by atoms with van der Waals surface area (Å²) in [7, 11) is 0. The molecule has 1 aromatic heterocycles. The van der Waals surface area contributed by atoms with Gasteiger partial charge in [0.25, 0.3) is 0 Å². The van der Waals surface area contributed by atoms with Crippen molar-refractivity contribution in [1.29, 1.82) is 0 Å². The summed E-state index contributed by atoms with van der Waals surface area (Å²) in [5.41, 5.74) is 8.36. The van der Waals surface area contributed by atoms with Crippen molar-refractivity contribution in [3.05, 3.63) is 39.9 Å². The fourth-order valence-corrected chi connectivity index (χ4v) is 2.28. The molecular formula is C14H16BrFN4. The number of hydrogen-bond acceptors (Lipinski definition) is 4. The molecule has 1 heterocycles. The molecule has 0 amide bonds. The average Bonchev–Trinajstić information content (AvgIpc) is 2.40. The molecule has 0 atom stereocenters. The minimum atomic E-state index is -0.288. The molecule has 0 saturated carbocycles. The molecule has 4 nitrogen and oxygen atoms in total. The summed E-state index contributed by atoms with van der Waals surface area (Å²) in [5.74, 6) is 0.855. The summed E-state index contributed by atoms with van der Waals surface area (Å²) in [6, 6.07) is 3.16. The standard InChI is InChI=1S/C14H16BrFN4/c1-3-4-9-13(17)18-7-19-14(9)20-12-6-10(15)11(16)5-8(12)2/h5-7H,3-4H2,1-2H3,(H3,17,18,19,20). The van der Waals surface area contributed by atoms with Gasteiger partial charge in [0.15, 0.2) is 0 Å². The molecule has 0 aliphatic rings. The summed E-state index contributed by atoms with van der Waals surface area (Å²) in [5, 5.41) is 3.21. The number of benzene rings is 1. The molecule has 0 bridgehead atoms. The largest absolute Gasteiger partial charge is 0.383 e. The van der Waals surface area contributed by atoms with Crippen molar-refractivity contribution in [3.8, 4) is 0 Å². The van der Waals surface area contributed by atoms with E-state index in [4.69, 9.17) is 5.73 Å². The molecule has 3 N–H and O–H groups in total. The molecule has 0 spiro atoms. The van der Waals surface area contributed by atoms with Gasteiger partial charge in [0, 0.05) is 11.3 Å². The van der Waals surface area contributed by atoms with Crippen LogP contribution in [0, 0.1) is 12.7 Å². The maximum Gasteiger partial charge on any atom is 0.139 e. The second-order valence-corrected chi connectivity index (χ2v) is 5.40. The number of hydrogen-bond donors (Lipinski definition) is 2. The molecule has 1 aromatic carbocycles. The van der Waals surface area contributed by atoms with Gasteiger partial charge in [-0.3, -0.25) is 0 Å². The third-order valence-corrected chi connectivity index (χ3v) is 3.61. The molecule has 0 radical (unpaired) electrons. The summed E-state index contributed by atoms with van der Waals surface area (Å²) < 4.78 is 13.8. The van der Waals surface area contributed by atoms with E-state index < -0.39 is 0 Å². The first kappa shape index (κ1) is 14.7. The fraction of sp³-hybridized carbons (Fsp3) is 0.286. The highest BCUT2D eigenvalue weighted by Crippen LogP contribution is 2.28. The predicted molar refractivity (Wildman–Crippen MR) is 82.6 cm³/mol. The van der Waals surface area contributed by atoms with Gasteiger partial charge >= 0.3 is 0 Å². The molecule has 20 heavy (non-hydrogen) atoms. The number of rotatable bonds is 4. The monoisotopic (exact) mass is 338 g/mol. The zero-order chi connectivity index (χ0) is 14.7. The van der Waals surface area contributed by atoms with Crippen LogP contribution in [0.3, 0.4) is 0 Å². The Hall–Kier alpha value is -1.69. The van der Waals surface area contributed by atoms with E-state index in [1.54, 1.807) is 6.07 Å². The molecule has 6 heteroatoms. The Morgan fingerprint density at radius 2 is 2.10 bits per heavy atom. The van der Waals surface area contributed by atoms with Crippen LogP contribution in [0.25, 0.3) is 0 Å². The second-order valence-electron chi connectivity index (χ2n) is 4.54. The van der Waals surface area contributed by atoms with Crippen LogP contribution >= 0.6 is 15.9 Å². The van der Waals surface area contributed by atoms with Gasteiger partial charge in [-0.15, -0.1) is 0 Å². The highest BCUT2D eigenvalue weighted by Gasteiger charge is 2.11. The molecule has 106 valence electrons. The summed E-state index contributed by atoms with van der Waals surface area (Å²) in [4.78, 5) is 8.25. The van der Waals surface area contributed by atoms with E-state index in [1.165, 1.54) is 12.4 Å². The smallest absolute Gasteiger partial charge is 0.139 e. The molecule has 0 unspecified atom stereocenters. The number of nitrogens with two attached hydrogens (primary N) is 1.